The summed E-state index contributed by atoms with van der Waals surface area (Å²) >= 11 is 0. The third kappa shape index (κ3) is 2.55. The number of ketones is 1. The lowest BCUT2D eigenvalue weighted by Gasteiger charge is -2.11. The van der Waals surface area contributed by atoms with Gasteiger partial charge in [0.2, 0.25) is 5.78 Å². The van der Waals surface area contributed by atoms with Gasteiger partial charge in [-0.05, 0) is 26.0 Å². The van der Waals surface area contributed by atoms with Crippen molar-refractivity contribution < 1.29 is 9.53 Å². The van der Waals surface area contributed by atoms with Crippen LogP contribution < -0.4 is 10.5 Å². The number of aromatic nitrogens is 3. The van der Waals surface area contributed by atoms with Crippen LogP contribution in [0.1, 0.15) is 41.6 Å². The molecule has 0 spiro atoms. The summed E-state index contributed by atoms with van der Waals surface area (Å²) in [5.41, 5.74) is 7.20. The number of methoxy groups -OCH3 is 1. The van der Waals surface area contributed by atoms with Crippen molar-refractivity contribution in [2.24, 2.45) is 5.73 Å². The van der Waals surface area contributed by atoms with E-state index >= 15 is 0 Å². The molecule has 0 saturated carbocycles. The molecule has 2 aromatic rings. The maximum absolute atomic E-state index is 12.7. The number of hydrogen-bond acceptors (Lipinski definition) is 5. The minimum absolute atomic E-state index is 0.0636. The van der Waals surface area contributed by atoms with Crippen molar-refractivity contribution in [2.45, 2.75) is 26.4 Å². The molecule has 0 bridgehead atoms. The molecule has 6 nitrogen and oxygen atoms in total. The quantitative estimate of drug-likeness (QED) is 0.836. The Morgan fingerprint density at radius 1 is 1.50 bits per heavy atom. The van der Waals surface area contributed by atoms with Gasteiger partial charge in [-0.2, -0.15) is 5.10 Å². The Morgan fingerprint density at radius 2 is 2.25 bits per heavy atom. The SMILES string of the molecule is COc1cnn(C(C)C)c1C(=O)c1ccnc(CN)c1. The van der Waals surface area contributed by atoms with Crippen molar-refractivity contribution in [1.29, 1.82) is 0 Å². The molecule has 2 aromatic heterocycles. The summed E-state index contributed by atoms with van der Waals surface area (Å²) in [6, 6.07) is 3.42. The molecule has 0 unspecified atom stereocenters. The van der Waals surface area contributed by atoms with Gasteiger partial charge in [0.25, 0.3) is 0 Å². The van der Waals surface area contributed by atoms with E-state index in [1.807, 2.05) is 13.8 Å². The van der Waals surface area contributed by atoms with E-state index in [4.69, 9.17) is 10.5 Å². The van der Waals surface area contributed by atoms with E-state index in [1.165, 1.54) is 7.11 Å². The van der Waals surface area contributed by atoms with Crippen LogP contribution in [0.15, 0.2) is 24.5 Å². The van der Waals surface area contributed by atoms with Gasteiger partial charge in [-0.15, -0.1) is 0 Å². The van der Waals surface area contributed by atoms with Gasteiger partial charge in [-0.25, -0.2) is 0 Å². The van der Waals surface area contributed by atoms with Crippen LogP contribution in [0.4, 0.5) is 0 Å². The molecular formula is C14H18N4O2. The van der Waals surface area contributed by atoms with E-state index in [1.54, 1.807) is 29.2 Å². The van der Waals surface area contributed by atoms with Gasteiger partial charge in [0, 0.05) is 24.3 Å². The lowest BCUT2D eigenvalue weighted by molar-refractivity contribution is 0.102. The molecule has 0 aromatic carbocycles. The Hall–Kier alpha value is -2.21. The molecule has 2 heterocycles. The molecule has 0 amide bonds. The fourth-order valence-corrected chi connectivity index (χ4v) is 1.97. The van der Waals surface area contributed by atoms with Gasteiger partial charge in [0.05, 0.1) is 19.0 Å². The first-order valence-electron chi connectivity index (χ1n) is 6.39. The van der Waals surface area contributed by atoms with Gasteiger partial charge in [0.1, 0.15) is 0 Å². The second kappa shape index (κ2) is 5.83. The van der Waals surface area contributed by atoms with Crippen LogP contribution in [-0.2, 0) is 6.54 Å². The van der Waals surface area contributed by atoms with Crippen LogP contribution in [0.2, 0.25) is 0 Å². The Bertz CT molecular complexity index is 619. The minimum atomic E-state index is -0.148. The van der Waals surface area contributed by atoms with Crippen molar-refractivity contribution in [2.75, 3.05) is 7.11 Å². The van der Waals surface area contributed by atoms with E-state index < -0.39 is 0 Å². The molecule has 0 radical (unpaired) electrons. The summed E-state index contributed by atoms with van der Waals surface area (Å²) in [4.78, 5) is 16.8. The van der Waals surface area contributed by atoms with E-state index in [0.29, 0.717) is 29.2 Å². The smallest absolute Gasteiger partial charge is 0.214 e. The summed E-state index contributed by atoms with van der Waals surface area (Å²) in [6.07, 6.45) is 3.14. The van der Waals surface area contributed by atoms with Crippen LogP contribution in [0.5, 0.6) is 5.75 Å². The van der Waals surface area contributed by atoms with Crippen molar-refractivity contribution in [1.82, 2.24) is 14.8 Å². The van der Waals surface area contributed by atoms with Crippen molar-refractivity contribution in [3.8, 4) is 5.75 Å². The summed E-state index contributed by atoms with van der Waals surface area (Å²) in [7, 11) is 1.52. The molecule has 2 N–H and O–H groups in total. The third-order valence-electron chi connectivity index (χ3n) is 2.97. The lowest BCUT2D eigenvalue weighted by atomic mass is 10.1. The summed E-state index contributed by atoms with van der Waals surface area (Å²) in [6.45, 7) is 4.21. The van der Waals surface area contributed by atoms with Gasteiger partial charge in [0.15, 0.2) is 11.4 Å². The van der Waals surface area contributed by atoms with E-state index in [-0.39, 0.29) is 11.8 Å². The Balaban J connectivity index is 2.49. The second-order valence-corrected chi connectivity index (χ2v) is 4.67. The zero-order chi connectivity index (χ0) is 14.7. The number of carbonyl (C=O) groups is 1. The predicted molar refractivity (Wildman–Crippen MR) is 74.7 cm³/mol. The highest BCUT2D eigenvalue weighted by atomic mass is 16.5. The maximum Gasteiger partial charge on any atom is 0.214 e. The zero-order valence-electron chi connectivity index (χ0n) is 11.8. The molecule has 0 fully saturated rings. The highest BCUT2D eigenvalue weighted by Crippen LogP contribution is 2.24. The number of carbonyl (C=O) groups excluding carboxylic acids is 1. The normalized spacial score (nSPS) is 10.8. The fraction of sp³-hybridized carbons (Fsp3) is 0.357. The molecule has 0 saturated heterocycles. The fourth-order valence-electron chi connectivity index (χ4n) is 1.97. The first-order valence-corrected chi connectivity index (χ1v) is 6.39. The lowest BCUT2D eigenvalue weighted by Crippen LogP contribution is -2.15. The van der Waals surface area contributed by atoms with Crippen LogP contribution in [0.3, 0.4) is 0 Å². The van der Waals surface area contributed by atoms with E-state index in [0.717, 1.165) is 0 Å². The van der Waals surface area contributed by atoms with Crippen LogP contribution in [0.25, 0.3) is 0 Å². The Labute approximate surface area is 117 Å². The molecular weight excluding hydrogens is 256 g/mol. The number of ether oxygens (including phenoxy) is 1. The standard InChI is InChI=1S/C14H18N4O2/c1-9(2)18-13(12(20-3)8-17-18)14(19)10-4-5-16-11(6-10)7-15/h4-6,8-9H,7,15H2,1-3H3. The van der Waals surface area contributed by atoms with E-state index in [9.17, 15) is 4.79 Å². The van der Waals surface area contributed by atoms with Crippen molar-refractivity contribution >= 4 is 5.78 Å². The molecule has 20 heavy (non-hydrogen) atoms. The van der Waals surface area contributed by atoms with Crippen LogP contribution >= 0.6 is 0 Å². The average Bonchev–Trinajstić information content (AvgIpc) is 2.90. The van der Waals surface area contributed by atoms with Gasteiger partial charge < -0.3 is 10.5 Å². The summed E-state index contributed by atoms with van der Waals surface area (Å²) < 4.78 is 6.89. The summed E-state index contributed by atoms with van der Waals surface area (Å²) in [5, 5.41) is 4.21. The van der Waals surface area contributed by atoms with Gasteiger partial charge in [-0.3, -0.25) is 14.5 Å². The largest absolute Gasteiger partial charge is 0.493 e. The number of nitrogens with zero attached hydrogens (tertiary/aromatic N) is 3. The average molecular weight is 274 g/mol. The first kappa shape index (κ1) is 14.2. The third-order valence-corrected chi connectivity index (χ3v) is 2.97. The van der Waals surface area contributed by atoms with Crippen molar-refractivity contribution in [3.63, 3.8) is 0 Å². The number of rotatable bonds is 5. The van der Waals surface area contributed by atoms with Gasteiger partial charge >= 0.3 is 0 Å². The molecule has 0 aliphatic rings. The predicted octanol–water partition coefficient (Wildman–Crippen LogP) is 1.56. The summed E-state index contributed by atoms with van der Waals surface area (Å²) in [5.74, 6) is 0.319. The first-order chi connectivity index (χ1) is 9.58. The van der Waals surface area contributed by atoms with Crippen LogP contribution in [-0.4, -0.2) is 27.7 Å². The Morgan fingerprint density at radius 3 is 2.85 bits per heavy atom. The second-order valence-electron chi connectivity index (χ2n) is 4.67. The number of nitrogens with two attached hydrogens (primary N) is 1. The molecule has 0 atom stereocenters. The van der Waals surface area contributed by atoms with E-state index in [2.05, 4.69) is 10.1 Å². The van der Waals surface area contributed by atoms with Crippen LogP contribution in [0, 0.1) is 0 Å². The zero-order valence-corrected chi connectivity index (χ0v) is 11.8. The number of pyridine rings is 1. The molecule has 2 rings (SSSR count). The number of hydrogen-bond donors (Lipinski definition) is 1. The molecule has 6 heteroatoms. The maximum atomic E-state index is 12.7. The monoisotopic (exact) mass is 274 g/mol. The molecule has 0 aliphatic heterocycles. The highest BCUT2D eigenvalue weighted by molar-refractivity contribution is 6.09. The molecule has 0 aliphatic carbocycles. The highest BCUT2D eigenvalue weighted by Gasteiger charge is 2.22. The van der Waals surface area contributed by atoms with Gasteiger partial charge in [-0.1, -0.05) is 0 Å². The minimum Gasteiger partial charge on any atom is -0.493 e. The van der Waals surface area contributed by atoms with Crippen molar-refractivity contribution in [3.05, 3.63) is 41.5 Å². The topological polar surface area (TPSA) is 83.0 Å². The molecule has 106 valence electrons. The Kier molecular flexibility index (Phi) is 4.14.